The van der Waals surface area contributed by atoms with Crippen LogP contribution in [0.25, 0.3) is 16.6 Å². The zero-order valence-electron chi connectivity index (χ0n) is 22.1. The fraction of sp³-hybridized carbons (Fsp3) is 0.156. The minimum atomic E-state index is -0.579. The molecule has 0 radical (unpaired) electrons. The van der Waals surface area contributed by atoms with Crippen molar-refractivity contribution in [3.8, 4) is 11.4 Å². The van der Waals surface area contributed by atoms with Crippen molar-refractivity contribution in [2.75, 3.05) is 13.7 Å². The molecular weight excluding hydrogens is 545 g/mol. The zero-order chi connectivity index (χ0) is 28.2. The number of hydrogen-bond acceptors (Lipinski definition) is 4. The van der Waals surface area contributed by atoms with Crippen LogP contribution in [0, 0.1) is 0 Å². The van der Waals surface area contributed by atoms with Gasteiger partial charge in [0.25, 0.3) is 11.5 Å². The van der Waals surface area contributed by atoms with Crippen LogP contribution in [0.4, 0.5) is 0 Å². The van der Waals surface area contributed by atoms with Gasteiger partial charge in [-0.1, -0.05) is 53.5 Å². The molecule has 1 unspecified atom stereocenters. The Morgan fingerprint density at radius 3 is 2.27 bits per heavy atom. The first-order valence-corrected chi connectivity index (χ1v) is 13.6. The van der Waals surface area contributed by atoms with Crippen LogP contribution in [0.2, 0.25) is 10.0 Å². The minimum absolute atomic E-state index is 0.193. The lowest BCUT2D eigenvalue weighted by atomic mass is 10.1. The molecular formula is C32H27Cl2N3O3. The number of ether oxygens (including phenoxy) is 1. The van der Waals surface area contributed by atoms with Crippen molar-refractivity contribution in [2.24, 2.45) is 0 Å². The summed E-state index contributed by atoms with van der Waals surface area (Å²) in [5.74, 6) is 0.886. The van der Waals surface area contributed by atoms with Crippen molar-refractivity contribution in [3.05, 3.63) is 134 Å². The average Bonchev–Trinajstić information content (AvgIpc) is 2.97. The smallest absolute Gasteiger partial charge is 0.266 e. The second-order valence-electron chi connectivity index (χ2n) is 9.39. The highest BCUT2D eigenvalue weighted by Crippen LogP contribution is 2.27. The summed E-state index contributed by atoms with van der Waals surface area (Å²) in [5, 5.41) is 1.44. The van der Waals surface area contributed by atoms with Gasteiger partial charge in [0.05, 0.1) is 29.7 Å². The van der Waals surface area contributed by atoms with Crippen LogP contribution in [0.3, 0.4) is 0 Å². The molecule has 4 aromatic carbocycles. The van der Waals surface area contributed by atoms with Crippen LogP contribution >= 0.6 is 23.2 Å². The molecule has 0 aliphatic carbocycles. The molecule has 0 saturated heterocycles. The first-order chi connectivity index (χ1) is 19.4. The topological polar surface area (TPSA) is 64.4 Å². The first kappa shape index (κ1) is 27.4. The van der Waals surface area contributed by atoms with Gasteiger partial charge in [0.15, 0.2) is 0 Å². The molecule has 0 aliphatic heterocycles. The van der Waals surface area contributed by atoms with E-state index >= 15 is 0 Å². The van der Waals surface area contributed by atoms with E-state index in [0.29, 0.717) is 56.7 Å². The SMILES string of the molecule is COc1ccc(-n2c(C(C)N(CCc3ccccc3)C(=O)c3ccc(Cl)cc3)nc3cc(Cl)ccc3c2=O)cc1. The number of carbonyl (C=O) groups excluding carboxylic acids is 1. The molecule has 1 heterocycles. The molecule has 0 aliphatic rings. The van der Waals surface area contributed by atoms with Gasteiger partial charge in [-0.15, -0.1) is 0 Å². The van der Waals surface area contributed by atoms with E-state index in [1.807, 2.05) is 37.3 Å². The van der Waals surface area contributed by atoms with Crippen molar-refractivity contribution < 1.29 is 9.53 Å². The largest absolute Gasteiger partial charge is 0.497 e. The van der Waals surface area contributed by atoms with Gasteiger partial charge < -0.3 is 9.64 Å². The molecule has 0 bridgehead atoms. The number of amides is 1. The van der Waals surface area contributed by atoms with Crippen molar-refractivity contribution in [3.63, 3.8) is 0 Å². The van der Waals surface area contributed by atoms with E-state index in [4.69, 9.17) is 32.9 Å². The molecule has 1 amide bonds. The van der Waals surface area contributed by atoms with Gasteiger partial charge in [0.2, 0.25) is 0 Å². The second-order valence-corrected chi connectivity index (χ2v) is 10.3. The number of fused-ring (bicyclic) bond motifs is 1. The molecule has 0 spiro atoms. The third-order valence-electron chi connectivity index (χ3n) is 6.87. The monoisotopic (exact) mass is 571 g/mol. The molecule has 0 N–H and O–H groups in total. The van der Waals surface area contributed by atoms with E-state index in [0.717, 1.165) is 5.56 Å². The quantitative estimate of drug-likeness (QED) is 0.198. The van der Waals surface area contributed by atoms with Crippen molar-refractivity contribution >= 4 is 40.0 Å². The second kappa shape index (κ2) is 11.9. The minimum Gasteiger partial charge on any atom is -0.497 e. The number of methoxy groups -OCH3 is 1. The van der Waals surface area contributed by atoms with Gasteiger partial charge in [-0.25, -0.2) is 4.98 Å². The number of benzene rings is 4. The maximum absolute atomic E-state index is 14.0. The third kappa shape index (κ3) is 5.74. The summed E-state index contributed by atoms with van der Waals surface area (Å²) in [5.41, 5.74) is 2.40. The molecule has 6 nitrogen and oxygen atoms in total. The lowest BCUT2D eigenvalue weighted by Gasteiger charge is -2.31. The van der Waals surface area contributed by atoms with Gasteiger partial charge in [0.1, 0.15) is 11.6 Å². The molecule has 5 rings (SSSR count). The summed E-state index contributed by atoms with van der Waals surface area (Å²) in [6.45, 7) is 2.29. The van der Waals surface area contributed by atoms with Gasteiger partial charge in [-0.2, -0.15) is 0 Å². The summed E-state index contributed by atoms with van der Waals surface area (Å²) in [4.78, 5) is 34.5. The molecule has 8 heteroatoms. The summed E-state index contributed by atoms with van der Waals surface area (Å²) in [6.07, 6.45) is 0.622. The van der Waals surface area contributed by atoms with Crippen LogP contribution in [-0.2, 0) is 6.42 Å². The van der Waals surface area contributed by atoms with Crippen LogP contribution in [0.5, 0.6) is 5.75 Å². The molecule has 202 valence electrons. The Bertz CT molecular complexity index is 1700. The van der Waals surface area contributed by atoms with E-state index in [9.17, 15) is 9.59 Å². The highest BCUT2D eigenvalue weighted by atomic mass is 35.5. The van der Waals surface area contributed by atoms with Gasteiger partial charge in [-0.05, 0) is 85.6 Å². The summed E-state index contributed by atoms with van der Waals surface area (Å²) >= 11 is 12.4. The Hall–Kier alpha value is -4.13. The van der Waals surface area contributed by atoms with Gasteiger partial charge >= 0.3 is 0 Å². The van der Waals surface area contributed by atoms with Crippen LogP contribution in [0.1, 0.15) is 34.7 Å². The fourth-order valence-electron chi connectivity index (χ4n) is 4.70. The Morgan fingerprint density at radius 2 is 1.60 bits per heavy atom. The summed E-state index contributed by atoms with van der Waals surface area (Å²) in [7, 11) is 1.59. The van der Waals surface area contributed by atoms with Gasteiger partial charge in [0, 0.05) is 22.2 Å². The van der Waals surface area contributed by atoms with Crippen molar-refractivity contribution in [2.45, 2.75) is 19.4 Å². The molecule has 1 aromatic heterocycles. The lowest BCUT2D eigenvalue weighted by molar-refractivity contribution is 0.0683. The third-order valence-corrected chi connectivity index (χ3v) is 7.35. The molecule has 0 fully saturated rings. The Kier molecular flexibility index (Phi) is 8.19. The number of carbonyl (C=O) groups is 1. The fourth-order valence-corrected chi connectivity index (χ4v) is 4.99. The van der Waals surface area contributed by atoms with Crippen LogP contribution in [-0.4, -0.2) is 34.0 Å². The summed E-state index contributed by atoms with van der Waals surface area (Å²) < 4.78 is 6.88. The van der Waals surface area contributed by atoms with Crippen LogP contribution in [0.15, 0.2) is 102 Å². The number of rotatable bonds is 8. The number of halogens is 2. The van der Waals surface area contributed by atoms with E-state index in [1.165, 1.54) is 0 Å². The molecule has 0 saturated carbocycles. The Labute approximate surface area is 242 Å². The number of nitrogens with zero attached hydrogens (tertiary/aromatic N) is 3. The highest BCUT2D eigenvalue weighted by Gasteiger charge is 2.28. The maximum Gasteiger partial charge on any atom is 0.266 e. The normalized spacial score (nSPS) is 11.8. The zero-order valence-corrected chi connectivity index (χ0v) is 23.6. The number of aromatic nitrogens is 2. The standard InChI is InChI=1S/C32H27Cl2N3O3/c1-21(36(19-18-22-6-4-3-5-7-22)31(38)23-8-10-24(33)11-9-23)30-35-29-20-25(34)12-17-28(29)32(39)37(30)26-13-15-27(40-2)16-14-26/h3-17,20-21H,18-19H2,1-2H3. The number of hydrogen-bond donors (Lipinski definition) is 0. The molecule has 5 aromatic rings. The lowest BCUT2D eigenvalue weighted by Crippen LogP contribution is -2.38. The summed E-state index contributed by atoms with van der Waals surface area (Å²) in [6, 6.07) is 28.4. The average molecular weight is 572 g/mol. The first-order valence-electron chi connectivity index (χ1n) is 12.8. The predicted octanol–water partition coefficient (Wildman–Crippen LogP) is 7.15. The van der Waals surface area contributed by atoms with E-state index in [1.54, 1.807) is 83.3 Å². The molecule has 1 atom stereocenters. The van der Waals surface area contributed by atoms with E-state index < -0.39 is 6.04 Å². The predicted molar refractivity (Wildman–Crippen MR) is 160 cm³/mol. The molecule has 40 heavy (non-hydrogen) atoms. The van der Waals surface area contributed by atoms with Crippen molar-refractivity contribution in [1.29, 1.82) is 0 Å². The van der Waals surface area contributed by atoms with Crippen molar-refractivity contribution in [1.82, 2.24) is 14.5 Å². The Morgan fingerprint density at radius 1 is 0.925 bits per heavy atom. The van der Waals surface area contributed by atoms with Crippen LogP contribution < -0.4 is 10.3 Å². The highest BCUT2D eigenvalue weighted by molar-refractivity contribution is 6.31. The maximum atomic E-state index is 14.0. The van der Waals surface area contributed by atoms with E-state index in [-0.39, 0.29) is 11.5 Å². The van der Waals surface area contributed by atoms with E-state index in [2.05, 4.69) is 0 Å². The van der Waals surface area contributed by atoms with Gasteiger partial charge in [-0.3, -0.25) is 14.2 Å². The Balaban J connectivity index is 1.66.